The van der Waals surface area contributed by atoms with E-state index in [0.717, 1.165) is 23.7 Å². The molecule has 0 fully saturated rings. The first-order chi connectivity index (χ1) is 9.79. The van der Waals surface area contributed by atoms with Gasteiger partial charge in [0.15, 0.2) is 0 Å². The van der Waals surface area contributed by atoms with Crippen LogP contribution in [0.5, 0.6) is 5.75 Å². The Morgan fingerprint density at radius 3 is 2.40 bits per heavy atom. The van der Waals surface area contributed by atoms with Gasteiger partial charge in [0.25, 0.3) is 0 Å². The number of nitrogens with one attached hydrogen (secondary N) is 1. The molecule has 0 heterocycles. The van der Waals surface area contributed by atoms with Gasteiger partial charge in [0.1, 0.15) is 5.75 Å². The summed E-state index contributed by atoms with van der Waals surface area (Å²) in [5.41, 5.74) is 1.29. The normalized spacial score (nSPS) is 12.1. The summed E-state index contributed by atoms with van der Waals surface area (Å²) in [7, 11) is 1.97. The van der Waals surface area contributed by atoms with Crippen LogP contribution < -0.4 is 10.1 Å². The molecule has 0 saturated heterocycles. The first-order valence-electron chi connectivity index (χ1n) is 6.87. The third-order valence-electron chi connectivity index (χ3n) is 3.27. The zero-order chi connectivity index (χ0) is 14.2. The molecule has 0 saturated carbocycles. The number of ether oxygens (including phenoxy) is 1. The van der Waals surface area contributed by atoms with E-state index in [2.05, 4.69) is 17.4 Å². The standard InChI is InChI=1S/C17H20ClNO/c1-19-13-15(14-7-9-16(18)10-8-14)11-12-20-17-5-3-2-4-6-17/h2-10,15,19H,11-13H2,1H3. The highest BCUT2D eigenvalue weighted by atomic mass is 35.5. The van der Waals surface area contributed by atoms with Crippen molar-refractivity contribution in [2.75, 3.05) is 20.2 Å². The van der Waals surface area contributed by atoms with Crippen LogP contribution in [0, 0.1) is 0 Å². The number of likely N-dealkylation sites (N-methyl/N-ethyl adjacent to an activating group) is 1. The smallest absolute Gasteiger partial charge is 0.119 e. The Morgan fingerprint density at radius 1 is 1.05 bits per heavy atom. The van der Waals surface area contributed by atoms with Crippen LogP contribution in [0.2, 0.25) is 5.02 Å². The first kappa shape index (κ1) is 14.9. The topological polar surface area (TPSA) is 21.3 Å². The van der Waals surface area contributed by atoms with Gasteiger partial charge in [0.05, 0.1) is 6.61 Å². The Kier molecular flexibility index (Phi) is 5.90. The Balaban J connectivity index is 1.90. The summed E-state index contributed by atoms with van der Waals surface area (Å²) < 4.78 is 5.77. The summed E-state index contributed by atoms with van der Waals surface area (Å²) in [4.78, 5) is 0. The fraction of sp³-hybridized carbons (Fsp3) is 0.294. The van der Waals surface area contributed by atoms with E-state index < -0.39 is 0 Å². The highest BCUT2D eigenvalue weighted by Crippen LogP contribution is 2.21. The van der Waals surface area contributed by atoms with Crippen molar-refractivity contribution in [3.8, 4) is 5.75 Å². The first-order valence-corrected chi connectivity index (χ1v) is 7.25. The summed E-state index contributed by atoms with van der Waals surface area (Å²) in [5, 5.41) is 4.02. The van der Waals surface area contributed by atoms with Gasteiger partial charge in [-0.2, -0.15) is 0 Å². The number of hydrogen-bond donors (Lipinski definition) is 1. The molecular formula is C17H20ClNO. The van der Waals surface area contributed by atoms with Gasteiger partial charge in [-0.3, -0.25) is 0 Å². The van der Waals surface area contributed by atoms with Crippen LogP contribution in [0.4, 0.5) is 0 Å². The van der Waals surface area contributed by atoms with Crippen LogP contribution in [-0.2, 0) is 0 Å². The molecule has 1 N–H and O–H groups in total. The molecule has 0 spiro atoms. The van der Waals surface area contributed by atoms with Crippen molar-refractivity contribution in [3.05, 3.63) is 65.2 Å². The third-order valence-corrected chi connectivity index (χ3v) is 3.52. The molecule has 2 rings (SSSR count). The fourth-order valence-electron chi connectivity index (χ4n) is 2.20. The molecule has 0 aliphatic rings. The monoisotopic (exact) mass is 289 g/mol. The maximum absolute atomic E-state index is 5.94. The predicted octanol–water partition coefficient (Wildman–Crippen LogP) is 4.11. The largest absolute Gasteiger partial charge is 0.494 e. The minimum atomic E-state index is 0.431. The lowest BCUT2D eigenvalue weighted by atomic mass is 9.96. The Labute approximate surface area is 125 Å². The van der Waals surface area contributed by atoms with Gasteiger partial charge >= 0.3 is 0 Å². The average Bonchev–Trinajstić information content (AvgIpc) is 2.48. The van der Waals surface area contributed by atoms with Gasteiger partial charge in [-0.05, 0) is 49.2 Å². The van der Waals surface area contributed by atoms with E-state index in [9.17, 15) is 0 Å². The highest BCUT2D eigenvalue weighted by molar-refractivity contribution is 6.30. The highest BCUT2D eigenvalue weighted by Gasteiger charge is 2.11. The third kappa shape index (κ3) is 4.55. The molecule has 0 amide bonds. The van der Waals surface area contributed by atoms with E-state index in [1.54, 1.807) is 0 Å². The molecule has 1 atom stereocenters. The maximum Gasteiger partial charge on any atom is 0.119 e. The van der Waals surface area contributed by atoms with Gasteiger partial charge < -0.3 is 10.1 Å². The second kappa shape index (κ2) is 7.93. The predicted molar refractivity (Wildman–Crippen MR) is 84.7 cm³/mol. The van der Waals surface area contributed by atoms with Gasteiger partial charge in [0.2, 0.25) is 0 Å². The van der Waals surface area contributed by atoms with Crippen molar-refractivity contribution in [2.45, 2.75) is 12.3 Å². The molecule has 0 bridgehead atoms. The molecule has 106 valence electrons. The van der Waals surface area contributed by atoms with Crippen molar-refractivity contribution in [3.63, 3.8) is 0 Å². The quantitative estimate of drug-likeness (QED) is 0.828. The summed E-state index contributed by atoms with van der Waals surface area (Å²) >= 11 is 5.94. The van der Waals surface area contributed by atoms with Gasteiger partial charge in [0, 0.05) is 11.6 Å². The summed E-state index contributed by atoms with van der Waals surface area (Å²) in [6, 6.07) is 18.0. The summed E-state index contributed by atoms with van der Waals surface area (Å²) in [5.74, 6) is 1.35. The molecule has 20 heavy (non-hydrogen) atoms. The van der Waals surface area contributed by atoms with Gasteiger partial charge in [-0.1, -0.05) is 41.9 Å². The molecule has 1 unspecified atom stereocenters. The number of hydrogen-bond acceptors (Lipinski definition) is 2. The van der Waals surface area contributed by atoms with Crippen LogP contribution in [0.15, 0.2) is 54.6 Å². The SMILES string of the molecule is CNCC(CCOc1ccccc1)c1ccc(Cl)cc1. The lowest BCUT2D eigenvalue weighted by Crippen LogP contribution is -2.19. The molecular weight excluding hydrogens is 270 g/mol. The second-order valence-electron chi connectivity index (χ2n) is 4.76. The number of benzene rings is 2. The zero-order valence-corrected chi connectivity index (χ0v) is 12.4. The van der Waals surface area contributed by atoms with E-state index in [-0.39, 0.29) is 0 Å². The molecule has 2 nitrogen and oxygen atoms in total. The second-order valence-corrected chi connectivity index (χ2v) is 5.19. The molecule has 0 aliphatic heterocycles. The van der Waals surface area contributed by atoms with Gasteiger partial charge in [-0.15, -0.1) is 0 Å². The number of para-hydroxylation sites is 1. The molecule has 0 aromatic heterocycles. The molecule has 3 heteroatoms. The Morgan fingerprint density at radius 2 is 1.75 bits per heavy atom. The fourth-order valence-corrected chi connectivity index (χ4v) is 2.33. The Hall–Kier alpha value is -1.51. The number of rotatable bonds is 7. The zero-order valence-electron chi connectivity index (χ0n) is 11.7. The molecule has 2 aromatic rings. The molecule has 0 radical (unpaired) electrons. The average molecular weight is 290 g/mol. The van der Waals surface area contributed by atoms with Crippen molar-refractivity contribution < 1.29 is 4.74 Å². The molecule has 0 aliphatic carbocycles. The van der Waals surface area contributed by atoms with Crippen molar-refractivity contribution in [1.82, 2.24) is 5.32 Å². The lowest BCUT2D eigenvalue weighted by Gasteiger charge is -2.17. The van der Waals surface area contributed by atoms with E-state index >= 15 is 0 Å². The van der Waals surface area contributed by atoms with E-state index in [1.807, 2.05) is 49.5 Å². The van der Waals surface area contributed by atoms with E-state index in [1.165, 1.54) is 5.56 Å². The summed E-state index contributed by atoms with van der Waals surface area (Å²) in [6.45, 7) is 1.64. The minimum absolute atomic E-state index is 0.431. The Bertz CT molecular complexity index is 498. The number of halogens is 1. The lowest BCUT2D eigenvalue weighted by molar-refractivity contribution is 0.296. The van der Waals surface area contributed by atoms with E-state index in [0.29, 0.717) is 12.5 Å². The van der Waals surface area contributed by atoms with E-state index in [4.69, 9.17) is 16.3 Å². The molecule has 2 aromatic carbocycles. The van der Waals surface area contributed by atoms with Crippen LogP contribution in [0.1, 0.15) is 17.9 Å². The van der Waals surface area contributed by atoms with Crippen molar-refractivity contribution in [1.29, 1.82) is 0 Å². The minimum Gasteiger partial charge on any atom is -0.494 e. The van der Waals surface area contributed by atoms with Crippen LogP contribution >= 0.6 is 11.6 Å². The van der Waals surface area contributed by atoms with Crippen molar-refractivity contribution >= 4 is 11.6 Å². The van der Waals surface area contributed by atoms with Crippen LogP contribution in [0.25, 0.3) is 0 Å². The van der Waals surface area contributed by atoms with Crippen LogP contribution in [-0.4, -0.2) is 20.2 Å². The summed E-state index contributed by atoms with van der Waals surface area (Å²) in [6.07, 6.45) is 0.970. The van der Waals surface area contributed by atoms with Gasteiger partial charge in [-0.25, -0.2) is 0 Å². The van der Waals surface area contributed by atoms with Crippen molar-refractivity contribution in [2.24, 2.45) is 0 Å². The maximum atomic E-state index is 5.94. The van der Waals surface area contributed by atoms with Crippen LogP contribution in [0.3, 0.4) is 0 Å².